The summed E-state index contributed by atoms with van der Waals surface area (Å²) in [6.07, 6.45) is 4.08. The van der Waals surface area contributed by atoms with Crippen molar-refractivity contribution in [2.45, 2.75) is 37.9 Å². The minimum absolute atomic E-state index is 0.621. The standard InChI is InChI=1S/C16H22N2O2/c1-2-12(16-15(3-1)19-8-9-20-16)10-17-13-6-7-18(11-13)14-4-5-14/h1-3,13-14,17H,4-11H2. The second-order valence-electron chi connectivity index (χ2n) is 6.03. The Morgan fingerprint density at radius 1 is 1.15 bits per heavy atom. The Hall–Kier alpha value is -1.26. The molecular weight excluding hydrogens is 252 g/mol. The van der Waals surface area contributed by atoms with Crippen molar-refractivity contribution in [1.29, 1.82) is 0 Å². The SMILES string of the molecule is c1cc(CNC2CCN(C3CC3)C2)c2c(c1)OCCO2. The van der Waals surface area contributed by atoms with Gasteiger partial charge in [0.1, 0.15) is 13.2 Å². The van der Waals surface area contributed by atoms with E-state index in [2.05, 4.69) is 22.3 Å². The van der Waals surface area contributed by atoms with Crippen molar-refractivity contribution in [2.75, 3.05) is 26.3 Å². The summed E-state index contributed by atoms with van der Waals surface area (Å²) in [5, 5.41) is 3.68. The maximum atomic E-state index is 5.76. The molecule has 0 aromatic heterocycles. The lowest BCUT2D eigenvalue weighted by Gasteiger charge is -2.22. The Labute approximate surface area is 120 Å². The molecule has 2 fully saturated rings. The lowest BCUT2D eigenvalue weighted by Crippen LogP contribution is -2.33. The van der Waals surface area contributed by atoms with E-state index in [-0.39, 0.29) is 0 Å². The first-order valence-corrected chi connectivity index (χ1v) is 7.75. The molecule has 0 bridgehead atoms. The second-order valence-corrected chi connectivity index (χ2v) is 6.03. The predicted molar refractivity (Wildman–Crippen MR) is 77.3 cm³/mol. The summed E-state index contributed by atoms with van der Waals surface area (Å²) in [6, 6.07) is 7.69. The largest absolute Gasteiger partial charge is 0.486 e. The highest BCUT2D eigenvalue weighted by Crippen LogP contribution is 2.34. The van der Waals surface area contributed by atoms with Crippen molar-refractivity contribution < 1.29 is 9.47 Å². The van der Waals surface area contributed by atoms with Crippen LogP contribution in [0.2, 0.25) is 0 Å². The lowest BCUT2D eigenvalue weighted by atomic mass is 10.1. The third kappa shape index (κ3) is 2.50. The van der Waals surface area contributed by atoms with Gasteiger partial charge in [0, 0.05) is 37.3 Å². The number of hydrogen-bond donors (Lipinski definition) is 1. The Balaban J connectivity index is 1.37. The second kappa shape index (κ2) is 5.26. The molecule has 1 saturated carbocycles. The number of nitrogens with one attached hydrogen (secondary N) is 1. The minimum Gasteiger partial charge on any atom is -0.486 e. The van der Waals surface area contributed by atoms with Crippen molar-refractivity contribution >= 4 is 0 Å². The fourth-order valence-electron chi connectivity index (χ4n) is 3.25. The molecule has 4 heteroatoms. The molecule has 0 radical (unpaired) electrons. The maximum Gasteiger partial charge on any atom is 0.165 e. The fourth-order valence-corrected chi connectivity index (χ4v) is 3.25. The molecule has 1 aromatic carbocycles. The summed E-state index contributed by atoms with van der Waals surface area (Å²) in [5.74, 6) is 1.82. The number of fused-ring (bicyclic) bond motifs is 1. The highest BCUT2D eigenvalue weighted by atomic mass is 16.6. The molecule has 1 atom stereocenters. The van der Waals surface area contributed by atoms with Gasteiger partial charge in [0.2, 0.25) is 0 Å². The fraction of sp³-hybridized carbons (Fsp3) is 0.625. The van der Waals surface area contributed by atoms with E-state index in [4.69, 9.17) is 9.47 Å². The highest BCUT2D eigenvalue weighted by molar-refractivity contribution is 5.47. The Morgan fingerprint density at radius 2 is 2.05 bits per heavy atom. The van der Waals surface area contributed by atoms with Crippen LogP contribution in [0.15, 0.2) is 18.2 Å². The van der Waals surface area contributed by atoms with E-state index in [0.29, 0.717) is 19.3 Å². The van der Waals surface area contributed by atoms with Gasteiger partial charge in [-0.3, -0.25) is 4.90 Å². The van der Waals surface area contributed by atoms with Gasteiger partial charge in [0.25, 0.3) is 0 Å². The number of benzene rings is 1. The van der Waals surface area contributed by atoms with Crippen LogP contribution in [0.3, 0.4) is 0 Å². The third-order valence-electron chi connectivity index (χ3n) is 4.51. The number of rotatable bonds is 4. The van der Waals surface area contributed by atoms with Crippen LogP contribution in [-0.4, -0.2) is 43.3 Å². The summed E-state index contributed by atoms with van der Waals surface area (Å²) in [4.78, 5) is 2.64. The van der Waals surface area contributed by atoms with Gasteiger partial charge >= 0.3 is 0 Å². The quantitative estimate of drug-likeness (QED) is 0.907. The van der Waals surface area contributed by atoms with Crippen LogP contribution in [0.4, 0.5) is 0 Å². The number of hydrogen-bond acceptors (Lipinski definition) is 4. The first-order chi connectivity index (χ1) is 9.90. The molecule has 1 saturated heterocycles. The third-order valence-corrected chi connectivity index (χ3v) is 4.51. The molecule has 2 aliphatic heterocycles. The summed E-state index contributed by atoms with van der Waals surface area (Å²) in [6.45, 7) is 4.65. The molecule has 108 valence electrons. The van der Waals surface area contributed by atoms with Crippen LogP contribution in [0.5, 0.6) is 11.5 Å². The summed E-state index contributed by atoms with van der Waals surface area (Å²) in [7, 11) is 0. The molecule has 4 rings (SSSR count). The van der Waals surface area contributed by atoms with E-state index in [1.807, 2.05) is 6.07 Å². The van der Waals surface area contributed by atoms with Gasteiger partial charge in [-0.05, 0) is 25.3 Å². The van der Waals surface area contributed by atoms with Crippen molar-refractivity contribution in [3.63, 3.8) is 0 Å². The molecule has 1 unspecified atom stereocenters. The van der Waals surface area contributed by atoms with Crippen LogP contribution in [-0.2, 0) is 6.54 Å². The minimum atomic E-state index is 0.621. The number of ether oxygens (including phenoxy) is 2. The van der Waals surface area contributed by atoms with E-state index < -0.39 is 0 Å². The summed E-state index contributed by atoms with van der Waals surface area (Å²) < 4.78 is 11.4. The molecule has 1 N–H and O–H groups in total. The molecule has 2 heterocycles. The van der Waals surface area contributed by atoms with Crippen LogP contribution in [0, 0.1) is 0 Å². The lowest BCUT2D eigenvalue weighted by molar-refractivity contribution is 0.169. The first kappa shape index (κ1) is 12.5. The van der Waals surface area contributed by atoms with Crippen molar-refractivity contribution in [3.8, 4) is 11.5 Å². The topological polar surface area (TPSA) is 33.7 Å². The molecule has 0 spiro atoms. The molecular formula is C16H22N2O2. The van der Waals surface area contributed by atoms with Crippen molar-refractivity contribution in [1.82, 2.24) is 10.2 Å². The molecule has 1 aliphatic carbocycles. The van der Waals surface area contributed by atoms with Crippen molar-refractivity contribution in [3.05, 3.63) is 23.8 Å². The van der Waals surface area contributed by atoms with Crippen LogP contribution in [0.1, 0.15) is 24.8 Å². The molecule has 1 aromatic rings. The molecule has 0 amide bonds. The Kier molecular flexibility index (Phi) is 3.28. The van der Waals surface area contributed by atoms with Gasteiger partial charge in [-0.1, -0.05) is 12.1 Å². The van der Waals surface area contributed by atoms with E-state index in [1.165, 1.54) is 37.9 Å². The smallest absolute Gasteiger partial charge is 0.165 e. The number of likely N-dealkylation sites (tertiary alicyclic amines) is 1. The monoisotopic (exact) mass is 274 g/mol. The average Bonchev–Trinajstić information content (AvgIpc) is 3.24. The average molecular weight is 274 g/mol. The zero-order valence-electron chi connectivity index (χ0n) is 11.8. The maximum absolute atomic E-state index is 5.76. The number of nitrogens with zero attached hydrogens (tertiary/aromatic N) is 1. The Bertz CT molecular complexity index is 487. The van der Waals surface area contributed by atoms with Gasteiger partial charge in [0.15, 0.2) is 11.5 Å². The molecule has 4 nitrogen and oxygen atoms in total. The normalized spacial score (nSPS) is 25.9. The van der Waals surface area contributed by atoms with E-state index in [1.54, 1.807) is 0 Å². The summed E-state index contributed by atoms with van der Waals surface area (Å²) >= 11 is 0. The van der Waals surface area contributed by atoms with Gasteiger partial charge in [-0.15, -0.1) is 0 Å². The van der Waals surface area contributed by atoms with Crippen molar-refractivity contribution in [2.24, 2.45) is 0 Å². The highest BCUT2D eigenvalue weighted by Gasteiger charge is 2.34. The van der Waals surface area contributed by atoms with Gasteiger partial charge in [-0.25, -0.2) is 0 Å². The van der Waals surface area contributed by atoms with E-state index >= 15 is 0 Å². The van der Waals surface area contributed by atoms with Gasteiger partial charge in [-0.2, -0.15) is 0 Å². The first-order valence-electron chi connectivity index (χ1n) is 7.75. The van der Waals surface area contributed by atoms with Gasteiger partial charge < -0.3 is 14.8 Å². The molecule has 20 heavy (non-hydrogen) atoms. The van der Waals surface area contributed by atoms with Crippen LogP contribution in [0.25, 0.3) is 0 Å². The van der Waals surface area contributed by atoms with Crippen LogP contribution >= 0.6 is 0 Å². The Morgan fingerprint density at radius 3 is 2.95 bits per heavy atom. The van der Waals surface area contributed by atoms with E-state index in [9.17, 15) is 0 Å². The van der Waals surface area contributed by atoms with E-state index in [0.717, 1.165) is 24.1 Å². The zero-order chi connectivity index (χ0) is 13.4. The van der Waals surface area contributed by atoms with Crippen LogP contribution < -0.4 is 14.8 Å². The summed E-state index contributed by atoms with van der Waals surface area (Å²) in [5.41, 5.74) is 1.21. The zero-order valence-corrected chi connectivity index (χ0v) is 11.8. The molecule has 3 aliphatic rings. The van der Waals surface area contributed by atoms with Gasteiger partial charge in [0.05, 0.1) is 0 Å². The number of para-hydroxylation sites is 1. The predicted octanol–water partition coefficient (Wildman–Crippen LogP) is 1.78.